The van der Waals surface area contributed by atoms with Crippen LogP contribution in [0.15, 0.2) is 46.9 Å². The summed E-state index contributed by atoms with van der Waals surface area (Å²) in [5.41, 5.74) is 1.66. The van der Waals surface area contributed by atoms with Gasteiger partial charge in [0.15, 0.2) is 5.11 Å². The van der Waals surface area contributed by atoms with E-state index >= 15 is 0 Å². The number of anilines is 1. The van der Waals surface area contributed by atoms with Crippen LogP contribution < -0.4 is 10.6 Å². The van der Waals surface area contributed by atoms with Gasteiger partial charge in [-0.25, -0.2) is 4.39 Å². The van der Waals surface area contributed by atoms with Gasteiger partial charge in [-0.1, -0.05) is 29.8 Å². The van der Waals surface area contributed by atoms with Crippen molar-refractivity contribution in [3.63, 3.8) is 0 Å². The van der Waals surface area contributed by atoms with Crippen molar-refractivity contribution in [1.82, 2.24) is 5.32 Å². The maximum Gasteiger partial charge on any atom is 0.171 e. The highest BCUT2D eigenvalue weighted by molar-refractivity contribution is 9.10. The zero-order chi connectivity index (χ0) is 14.5. The van der Waals surface area contributed by atoms with Gasteiger partial charge in [-0.15, -0.1) is 0 Å². The van der Waals surface area contributed by atoms with Crippen molar-refractivity contribution in [2.45, 2.75) is 6.54 Å². The van der Waals surface area contributed by atoms with Crippen LogP contribution in [0.25, 0.3) is 0 Å². The normalized spacial score (nSPS) is 10.2. The molecule has 2 N–H and O–H groups in total. The summed E-state index contributed by atoms with van der Waals surface area (Å²) in [7, 11) is 0. The van der Waals surface area contributed by atoms with Gasteiger partial charge < -0.3 is 10.6 Å². The molecule has 0 unspecified atom stereocenters. The number of nitrogens with one attached hydrogen (secondary N) is 2. The van der Waals surface area contributed by atoms with E-state index in [4.69, 9.17) is 23.8 Å². The van der Waals surface area contributed by atoms with Crippen molar-refractivity contribution < 1.29 is 4.39 Å². The Balaban J connectivity index is 1.92. The number of rotatable bonds is 3. The minimum atomic E-state index is -0.287. The van der Waals surface area contributed by atoms with Crippen LogP contribution in [0, 0.1) is 5.82 Å². The molecule has 0 aliphatic heterocycles. The minimum Gasteiger partial charge on any atom is -0.358 e. The summed E-state index contributed by atoms with van der Waals surface area (Å²) >= 11 is 14.4. The van der Waals surface area contributed by atoms with Gasteiger partial charge in [0.05, 0.1) is 15.2 Å². The SMILES string of the molecule is Fc1ccc(CNC(=S)Nc2ccccc2Cl)cc1Br. The average molecular weight is 374 g/mol. The number of hydrogen-bond donors (Lipinski definition) is 2. The Morgan fingerprint density at radius 2 is 2.00 bits per heavy atom. The van der Waals surface area contributed by atoms with E-state index in [1.807, 2.05) is 18.2 Å². The Labute approximate surface area is 135 Å². The van der Waals surface area contributed by atoms with Gasteiger partial charge in [0.1, 0.15) is 5.82 Å². The van der Waals surface area contributed by atoms with Crippen molar-refractivity contribution in [3.8, 4) is 0 Å². The molecule has 0 amide bonds. The molecule has 2 aromatic carbocycles. The van der Waals surface area contributed by atoms with Crippen LogP contribution in [0.4, 0.5) is 10.1 Å². The smallest absolute Gasteiger partial charge is 0.171 e. The number of benzene rings is 2. The molecule has 0 spiro atoms. The first-order valence-corrected chi connectivity index (χ1v) is 7.37. The molecule has 104 valence electrons. The predicted octanol–water partition coefficient (Wildman–Crippen LogP) is 4.73. The minimum absolute atomic E-state index is 0.287. The standard InChI is InChI=1S/C14H11BrClFN2S/c15-10-7-9(5-6-12(10)17)8-18-14(20)19-13-4-2-1-3-11(13)16/h1-7H,8H2,(H2,18,19,20). The molecule has 6 heteroatoms. The molecular weight excluding hydrogens is 363 g/mol. The van der Waals surface area contributed by atoms with Crippen molar-refractivity contribution in [3.05, 3.63) is 63.3 Å². The molecule has 0 fully saturated rings. The summed E-state index contributed by atoms with van der Waals surface area (Å²) in [6, 6.07) is 12.2. The molecule has 0 atom stereocenters. The Morgan fingerprint density at radius 3 is 2.70 bits per heavy atom. The van der Waals surface area contributed by atoms with Crippen molar-refractivity contribution in [2.75, 3.05) is 5.32 Å². The maximum atomic E-state index is 13.1. The topological polar surface area (TPSA) is 24.1 Å². The second-order valence-corrected chi connectivity index (χ2v) is 5.71. The molecule has 0 aromatic heterocycles. The fraction of sp³-hybridized carbons (Fsp3) is 0.0714. The van der Waals surface area contributed by atoms with E-state index in [9.17, 15) is 4.39 Å². The number of halogens is 3. The van der Waals surface area contributed by atoms with E-state index < -0.39 is 0 Å². The van der Waals surface area contributed by atoms with E-state index in [1.165, 1.54) is 6.07 Å². The molecule has 2 aromatic rings. The molecule has 0 saturated heterocycles. The molecular formula is C14H11BrClFN2S. The van der Waals surface area contributed by atoms with E-state index in [1.54, 1.807) is 18.2 Å². The molecule has 2 rings (SSSR count). The Hall–Kier alpha value is -1.17. The summed E-state index contributed by atoms with van der Waals surface area (Å²) in [4.78, 5) is 0. The largest absolute Gasteiger partial charge is 0.358 e. The van der Waals surface area contributed by atoms with Crippen molar-refractivity contribution >= 4 is 50.5 Å². The van der Waals surface area contributed by atoms with Crippen LogP contribution in [-0.4, -0.2) is 5.11 Å². The molecule has 0 aliphatic rings. The van der Waals surface area contributed by atoms with Crippen molar-refractivity contribution in [1.29, 1.82) is 0 Å². The zero-order valence-electron chi connectivity index (χ0n) is 10.3. The molecule has 0 aliphatic carbocycles. The lowest BCUT2D eigenvalue weighted by molar-refractivity contribution is 0.620. The summed E-state index contributed by atoms with van der Waals surface area (Å²) in [6.07, 6.45) is 0. The number of hydrogen-bond acceptors (Lipinski definition) is 1. The lowest BCUT2D eigenvalue weighted by Crippen LogP contribution is -2.28. The number of thiocarbonyl (C=S) groups is 1. The molecule has 0 radical (unpaired) electrons. The van der Waals surface area contributed by atoms with E-state index in [0.29, 0.717) is 21.2 Å². The van der Waals surface area contributed by atoms with Crippen LogP contribution in [0.2, 0.25) is 5.02 Å². The van der Waals surface area contributed by atoms with Gasteiger partial charge in [0.2, 0.25) is 0 Å². The summed E-state index contributed by atoms with van der Waals surface area (Å²) in [6.45, 7) is 0.495. The third-order valence-corrected chi connectivity index (χ3v) is 3.74. The molecule has 20 heavy (non-hydrogen) atoms. The monoisotopic (exact) mass is 372 g/mol. The van der Waals surface area contributed by atoms with Crippen LogP contribution >= 0.6 is 39.7 Å². The van der Waals surface area contributed by atoms with Crippen LogP contribution in [0.5, 0.6) is 0 Å². The van der Waals surface area contributed by atoms with E-state index in [-0.39, 0.29) is 5.82 Å². The highest BCUT2D eigenvalue weighted by Crippen LogP contribution is 2.20. The molecule has 0 saturated carbocycles. The summed E-state index contributed by atoms with van der Waals surface area (Å²) < 4.78 is 13.5. The first-order valence-electron chi connectivity index (χ1n) is 5.79. The fourth-order valence-electron chi connectivity index (χ4n) is 1.56. The lowest BCUT2D eigenvalue weighted by atomic mass is 10.2. The third kappa shape index (κ3) is 4.16. The molecule has 2 nitrogen and oxygen atoms in total. The quantitative estimate of drug-likeness (QED) is 0.761. The highest BCUT2D eigenvalue weighted by Gasteiger charge is 2.03. The summed E-state index contributed by atoms with van der Waals surface area (Å²) in [5.74, 6) is -0.287. The Bertz CT molecular complexity index is 636. The molecule has 0 heterocycles. The van der Waals surface area contributed by atoms with Gasteiger partial charge >= 0.3 is 0 Å². The van der Waals surface area contributed by atoms with Crippen LogP contribution in [0.3, 0.4) is 0 Å². The predicted molar refractivity (Wildman–Crippen MR) is 88.6 cm³/mol. The van der Waals surface area contributed by atoms with Crippen LogP contribution in [0.1, 0.15) is 5.56 Å². The second kappa shape index (κ2) is 7.02. The maximum absolute atomic E-state index is 13.1. The summed E-state index contributed by atoms with van der Waals surface area (Å²) in [5, 5.41) is 7.10. The first-order chi connectivity index (χ1) is 9.56. The number of para-hydroxylation sites is 1. The van der Waals surface area contributed by atoms with Crippen LogP contribution in [-0.2, 0) is 6.54 Å². The van der Waals surface area contributed by atoms with Gasteiger partial charge in [0.25, 0.3) is 0 Å². The van der Waals surface area contributed by atoms with Gasteiger partial charge in [-0.3, -0.25) is 0 Å². The Kier molecular flexibility index (Phi) is 5.34. The zero-order valence-corrected chi connectivity index (χ0v) is 13.4. The third-order valence-electron chi connectivity index (χ3n) is 2.56. The first kappa shape index (κ1) is 15.2. The fourth-order valence-corrected chi connectivity index (χ4v) is 2.35. The average Bonchev–Trinajstić information content (AvgIpc) is 2.43. The van der Waals surface area contributed by atoms with Gasteiger partial charge in [-0.2, -0.15) is 0 Å². The van der Waals surface area contributed by atoms with Crippen molar-refractivity contribution in [2.24, 2.45) is 0 Å². The second-order valence-electron chi connectivity index (χ2n) is 4.04. The van der Waals surface area contributed by atoms with Gasteiger partial charge in [0, 0.05) is 6.54 Å². The highest BCUT2D eigenvalue weighted by atomic mass is 79.9. The lowest BCUT2D eigenvalue weighted by Gasteiger charge is -2.12. The van der Waals surface area contributed by atoms with E-state index in [2.05, 4.69) is 26.6 Å². The van der Waals surface area contributed by atoms with E-state index in [0.717, 1.165) is 11.3 Å². The Morgan fingerprint density at radius 1 is 1.25 bits per heavy atom. The van der Waals surface area contributed by atoms with Gasteiger partial charge in [-0.05, 0) is 58.0 Å². The molecule has 0 bridgehead atoms.